The van der Waals surface area contributed by atoms with Crippen LogP contribution < -0.4 is 10.6 Å². The Labute approximate surface area is 108 Å². The summed E-state index contributed by atoms with van der Waals surface area (Å²) in [5.74, 6) is -0.198. The number of benzene rings is 1. The first kappa shape index (κ1) is 12.8. The molecule has 2 N–H and O–H groups in total. The molecule has 1 aromatic rings. The van der Waals surface area contributed by atoms with Crippen LogP contribution in [0, 0.1) is 17.0 Å². The van der Waals surface area contributed by atoms with E-state index in [0.717, 1.165) is 0 Å². The van der Waals surface area contributed by atoms with Gasteiger partial charge in [0.05, 0.1) is 4.92 Å². The van der Waals surface area contributed by atoms with Crippen molar-refractivity contribution < 1.29 is 9.72 Å². The Balaban J connectivity index is 2.56. The molecule has 18 heavy (non-hydrogen) atoms. The lowest BCUT2D eigenvalue weighted by Crippen LogP contribution is -2.29. The maximum Gasteiger partial charge on any atom is 0.294 e. The number of halogens is 1. The van der Waals surface area contributed by atoms with Gasteiger partial charge in [0.2, 0.25) is 5.91 Å². The van der Waals surface area contributed by atoms with E-state index < -0.39 is 4.92 Å². The van der Waals surface area contributed by atoms with Gasteiger partial charge in [0.1, 0.15) is 5.69 Å². The predicted octanol–water partition coefficient (Wildman–Crippen LogP) is 1.62. The summed E-state index contributed by atoms with van der Waals surface area (Å²) in [6.07, 6.45) is 0.208. The summed E-state index contributed by atoms with van der Waals surface area (Å²) in [7, 11) is 0. The Bertz CT molecular complexity index is 533. The van der Waals surface area contributed by atoms with Crippen LogP contribution in [0.25, 0.3) is 0 Å². The molecule has 0 saturated carbocycles. The molecule has 1 aliphatic rings. The number of carbonyl (C=O) groups is 1. The van der Waals surface area contributed by atoms with Gasteiger partial charge in [0.15, 0.2) is 0 Å². The topological polar surface area (TPSA) is 89.5 Å². The number of rotatable bonds is 2. The molecule has 6 nitrogen and oxygen atoms in total. The number of nitrogens with two attached hydrogens (primary N) is 1. The lowest BCUT2D eigenvalue weighted by atomic mass is 10.1. The molecule has 1 aromatic carbocycles. The van der Waals surface area contributed by atoms with Gasteiger partial charge < -0.3 is 10.6 Å². The van der Waals surface area contributed by atoms with Crippen molar-refractivity contribution in [1.82, 2.24) is 0 Å². The fourth-order valence-electron chi connectivity index (χ4n) is 2.16. The second-order valence-corrected chi connectivity index (χ2v) is 4.75. The van der Waals surface area contributed by atoms with E-state index in [1.807, 2.05) is 0 Å². The average Bonchev–Trinajstić information content (AvgIpc) is 2.56. The molecule has 1 atom stereocenters. The maximum absolute atomic E-state index is 11.8. The summed E-state index contributed by atoms with van der Waals surface area (Å²) < 4.78 is 0. The van der Waals surface area contributed by atoms with Crippen molar-refractivity contribution in [3.05, 3.63) is 32.8 Å². The quantitative estimate of drug-likeness (QED) is 0.652. The predicted molar refractivity (Wildman–Crippen MR) is 67.8 cm³/mol. The molecule has 0 radical (unpaired) electrons. The van der Waals surface area contributed by atoms with E-state index in [4.69, 9.17) is 17.3 Å². The van der Waals surface area contributed by atoms with E-state index in [1.165, 1.54) is 11.0 Å². The van der Waals surface area contributed by atoms with Gasteiger partial charge in [-0.3, -0.25) is 14.9 Å². The largest absolute Gasteiger partial charge is 0.326 e. The van der Waals surface area contributed by atoms with E-state index in [2.05, 4.69) is 0 Å². The molecule has 1 amide bonds. The van der Waals surface area contributed by atoms with Gasteiger partial charge in [-0.25, -0.2) is 0 Å². The Hall–Kier alpha value is -1.66. The van der Waals surface area contributed by atoms with Crippen molar-refractivity contribution in [1.29, 1.82) is 0 Å². The molecule has 1 saturated heterocycles. The van der Waals surface area contributed by atoms with Crippen LogP contribution in [0.1, 0.15) is 12.0 Å². The van der Waals surface area contributed by atoms with Crippen LogP contribution in [-0.4, -0.2) is 23.4 Å². The summed E-state index contributed by atoms with van der Waals surface area (Å²) in [6, 6.07) is 2.56. The molecule has 0 spiro atoms. The molecule has 1 heterocycles. The Morgan fingerprint density at radius 1 is 1.56 bits per heavy atom. The van der Waals surface area contributed by atoms with Crippen molar-refractivity contribution in [2.45, 2.75) is 19.4 Å². The first-order valence-corrected chi connectivity index (χ1v) is 5.78. The Kier molecular flexibility index (Phi) is 3.23. The van der Waals surface area contributed by atoms with Crippen LogP contribution in [0.5, 0.6) is 0 Å². The van der Waals surface area contributed by atoms with Crippen molar-refractivity contribution in [3.63, 3.8) is 0 Å². The number of nitro benzene ring substituents is 1. The first-order chi connectivity index (χ1) is 8.40. The summed E-state index contributed by atoms with van der Waals surface area (Å²) in [4.78, 5) is 23.7. The average molecular weight is 270 g/mol. The fraction of sp³-hybridized carbons (Fsp3) is 0.364. The van der Waals surface area contributed by atoms with Crippen molar-refractivity contribution >= 4 is 28.9 Å². The molecule has 96 valence electrons. The van der Waals surface area contributed by atoms with Crippen molar-refractivity contribution in [2.24, 2.45) is 5.73 Å². The van der Waals surface area contributed by atoms with Crippen LogP contribution in [-0.2, 0) is 4.79 Å². The molecule has 1 aliphatic heterocycles. The molecule has 7 heteroatoms. The number of aryl methyl sites for hydroxylation is 1. The Morgan fingerprint density at radius 3 is 2.72 bits per heavy atom. The number of hydrogen-bond donors (Lipinski definition) is 1. The van der Waals surface area contributed by atoms with E-state index in [9.17, 15) is 14.9 Å². The third kappa shape index (κ3) is 2.16. The highest BCUT2D eigenvalue weighted by atomic mass is 35.5. The molecule has 0 aliphatic carbocycles. The van der Waals surface area contributed by atoms with E-state index in [-0.39, 0.29) is 29.1 Å². The minimum Gasteiger partial charge on any atom is -0.326 e. The van der Waals surface area contributed by atoms with Crippen LogP contribution in [0.15, 0.2) is 12.1 Å². The molecular weight excluding hydrogens is 258 g/mol. The molecule has 1 unspecified atom stereocenters. The van der Waals surface area contributed by atoms with Gasteiger partial charge in [0, 0.05) is 30.1 Å². The first-order valence-electron chi connectivity index (χ1n) is 5.40. The van der Waals surface area contributed by atoms with Gasteiger partial charge in [-0.05, 0) is 18.6 Å². The molecule has 2 rings (SSSR count). The van der Waals surface area contributed by atoms with Crippen molar-refractivity contribution in [2.75, 3.05) is 11.4 Å². The monoisotopic (exact) mass is 269 g/mol. The van der Waals surface area contributed by atoms with E-state index in [0.29, 0.717) is 17.8 Å². The van der Waals surface area contributed by atoms with Gasteiger partial charge >= 0.3 is 0 Å². The zero-order valence-electron chi connectivity index (χ0n) is 9.72. The van der Waals surface area contributed by atoms with Gasteiger partial charge in [-0.2, -0.15) is 0 Å². The van der Waals surface area contributed by atoms with Crippen LogP contribution >= 0.6 is 11.6 Å². The third-order valence-corrected chi connectivity index (χ3v) is 3.08. The smallest absolute Gasteiger partial charge is 0.294 e. The lowest BCUT2D eigenvalue weighted by molar-refractivity contribution is -0.384. The molecule has 0 aromatic heterocycles. The normalized spacial score (nSPS) is 19.4. The highest BCUT2D eigenvalue weighted by Crippen LogP contribution is 2.36. The number of carbonyl (C=O) groups excluding carboxylic acids is 1. The highest BCUT2D eigenvalue weighted by molar-refractivity contribution is 6.31. The number of nitro groups is 1. The highest BCUT2D eigenvalue weighted by Gasteiger charge is 2.33. The number of anilines is 1. The maximum atomic E-state index is 11.8. The Morgan fingerprint density at radius 2 is 2.22 bits per heavy atom. The van der Waals surface area contributed by atoms with Crippen LogP contribution in [0.4, 0.5) is 11.4 Å². The minimum absolute atomic E-state index is 0.164. The number of nitrogens with zero attached hydrogens (tertiary/aromatic N) is 2. The van der Waals surface area contributed by atoms with E-state index in [1.54, 1.807) is 13.0 Å². The summed E-state index contributed by atoms with van der Waals surface area (Å²) in [6.45, 7) is 1.98. The fourth-order valence-corrected chi connectivity index (χ4v) is 2.43. The lowest BCUT2D eigenvalue weighted by Gasteiger charge is -2.18. The van der Waals surface area contributed by atoms with Gasteiger partial charge in [-0.1, -0.05) is 11.6 Å². The van der Waals surface area contributed by atoms with Crippen LogP contribution in [0.3, 0.4) is 0 Å². The number of hydrogen-bond acceptors (Lipinski definition) is 4. The SMILES string of the molecule is Cc1cc(Cl)cc([N+](=O)[O-])c1N1CC(N)CC1=O. The summed E-state index contributed by atoms with van der Waals surface area (Å²) in [5.41, 5.74) is 6.42. The van der Waals surface area contributed by atoms with Crippen molar-refractivity contribution in [3.8, 4) is 0 Å². The zero-order valence-corrected chi connectivity index (χ0v) is 10.5. The molecule has 1 fully saturated rings. The standard InChI is InChI=1S/C11H12ClN3O3/c1-6-2-7(12)3-9(15(17)18)11(6)14-5-8(13)4-10(14)16/h2-3,8H,4-5,13H2,1H3. The number of amides is 1. The van der Waals surface area contributed by atoms with Gasteiger partial charge in [0.25, 0.3) is 5.69 Å². The molecule has 0 bridgehead atoms. The summed E-state index contributed by atoms with van der Waals surface area (Å²) >= 11 is 5.81. The third-order valence-electron chi connectivity index (χ3n) is 2.87. The second-order valence-electron chi connectivity index (χ2n) is 4.32. The van der Waals surface area contributed by atoms with Crippen LogP contribution in [0.2, 0.25) is 5.02 Å². The second kappa shape index (κ2) is 4.55. The van der Waals surface area contributed by atoms with Gasteiger partial charge in [-0.15, -0.1) is 0 Å². The summed E-state index contributed by atoms with van der Waals surface area (Å²) in [5, 5.41) is 11.3. The molecular formula is C11H12ClN3O3. The van der Waals surface area contributed by atoms with E-state index >= 15 is 0 Å². The minimum atomic E-state index is -0.536. The zero-order chi connectivity index (χ0) is 13.4.